The van der Waals surface area contributed by atoms with Crippen molar-refractivity contribution in [2.75, 3.05) is 20.1 Å². The molecule has 1 aliphatic carbocycles. The van der Waals surface area contributed by atoms with Crippen LogP contribution in [0, 0.1) is 13.8 Å². The van der Waals surface area contributed by atoms with Crippen molar-refractivity contribution in [2.24, 2.45) is 12.0 Å². The number of rotatable bonds is 4. The van der Waals surface area contributed by atoms with Crippen LogP contribution >= 0.6 is 0 Å². The third kappa shape index (κ3) is 3.27. The van der Waals surface area contributed by atoms with Gasteiger partial charge in [0, 0.05) is 57.1 Å². The van der Waals surface area contributed by atoms with Crippen molar-refractivity contribution in [3.63, 3.8) is 0 Å². The fraction of sp³-hybridized carbons (Fsp3) is 0.750. The van der Waals surface area contributed by atoms with Gasteiger partial charge in [-0.1, -0.05) is 0 Å². The molecule has 0 aromatic carbocycles. The molecule has 122 valence electrons. The van der Waals surface area contributed by atoms with E-state index in [-0.39, 0.29) is 0 Å². The van der Waals surface area contributed by atoms with Gasteiger partial charge in [-0.2, -0.15) is 5.10 Å². The minimum atomic E-state index is 0.517. The van der Waals surface area contributed by atoms with E-state index in [2.05, 4.69) is 39.5 Å². The predicted octanol–water partition coefficient (Wildman–Crippen LogP) is 0.939. The number of aryl methyl sites for hydroxylation is 2. The summed E-state index contributed by atoms with van der Waals surface area (Å²) in [5, 5.41) is 11.5. The van der Waals surface area contributed by atoms with Crippen LogP contribution in [-0.4, -0.2) is 52.9 Å². The highest BCUT2D eigenvalue weighted by Gasteiger charge is 2.34. The number of likely N-dealkylation sites (tertiary alicyclic amines) is 1. The van der Waals surface area contributed by atoms with Gasteiger partial charge in [0.05, 0.1) is 5.69 Å². The van der Waals surface area contributed by atoms with Crippen LogP contribution in [0.1, 0.15) is 36.2 Å². The van der Waals surface area contributed by atoms with Crippen molar-refractivity contribution in [3.8, 4) is 0 Å². The first-order valence-corrected chi connectivity index (χ1v) is 8.28. The Morgan fingerprint density at radius 2 is 2.09 bits per heavy atom. The maximum absolute atomic E-state index is 4.46. The second-order valence-electron chi connectivity index (χ2n) is 6.55. The molecule has 1 aromatic rings. The molecule has 3 rings (SSSR count). The minimum Gasteiger partial charge on any atom is -0.352 e. The van der Waals surface area contributed by atoms with E-state index in [0.717, 1.165) is 30.8 Å². The average Bonchev–Trinajstić information content (AvgIpc) is 3.19. The van der Waals surface area contributed by atoms with Crippen LogP contribution in [-0.2, 0) is 13.6 Å². The van der Waals surface area contributed by atoms with Crippen LogP contribution < -0.4 is 10.6 Å². The summed E-state index contributed by atoms with van der Waals surface area (Å²) in [6, 6.07) is 1.38. The van der Waals surface area contributed by atoms with Gasteiger partial charge in [0.1, 0.15) is 0 Å². The van der Waals surface area contributed by atoms with Gasteiger partial charge >= 0.3 is 0 Å². The molecule has 0 amide bonds. The first-order chi connectivity index (χ1) is 10.6. The lowest BCUT2D eigenvalue weighted by atomic mass is 10.2. The van der Waals surface area contributed by atoms with E-state index in [9.17, 15) is 0 Å². The van der Waals surface area contributed by atoms with Crippen molar-refractivity contribution in [1.29, 1.82) is 0 Å². The summed E-state index contributed by atoms with van der Waals surface area (Å²) in [4.78, 5) is 6.98. The number of aromatic nitrogens is 2. The van der Waals surface area contributed by atoms with Gasteiger partial charge in [-0.3, -0.25) is 14.6 Å². The van der Waals surface area contributed by atoms with Gasteiger partial charge in [0.25, 0.3) is 0 Å². The minimum absolute atomic E-state index is 0.517. The average molecular weight is 304 g/mol. The van der Waals surface area contributed by atoms with E-state index < -0.39 is 0 Å². The molecule has 2 fully saturated rings. The summed E-state index contributed by atoms with van der Waals surface area (Å²) in [5.74, 6) is 0.894. The second-order valence-corrected chi connectivity index (χ2v) is 6.55. The van der Waals surface area contributed by atoms with E-state index in [4.69, 9.17) is 0 Å². The summed E-state index contributed by atoms with van der Waals surface area (Å²) < 4.78 is 1.94. The number of guanidine groups is 1. The largest absolute Gasteiger partial charge is 0.352 e. The highest BCUT2D eigenvalue weighted by Crippen LogP contribution is 2.29. The Morgan fingerprint density at radius 1 is 1.32 bits per heavy atom. The zero-order valence-corrected chi connectivity index (χ0v) is 14.2. The van der Waals surface area contributed by atoms with Crippen molar-refractivity contribution in [3.05, 3.63) is 17.0 Å². The van der Waals surface area contributed by atoms with Gasteiger partial charge < -0.3 is 10.6 Å². The van der Waals surface area contributed by atoms with Crippen LogP contribution in [0.15, 0.2) is 4.99 Å². The lowest BCUT2D eigenvalue weighted by Gasteiger charge is -2.18. The number of nitrogens with one attached hydrogen (secondary N) is 2. The summed E-state index contributed by atoms with van der Waals surface area (Å²) in [7, 11) is 3.83. The normalized spacial score (nSPS) is 23.1. The van der Waals surface area contributed by atoms with E-state index in [0.29, 0.717) is 6.04 Å². The Bertz CT molecular complexity index is 557. The molecule has 22 heavy (non-hydrogen) atoms. The lowest BCUT2D eigenvalue weighted by molar-refractivity contribution is 0.321. The Balaban J connectivity index is 1.52. The Kier molecular flexibility index (Phi) is 4.38. The van der Waals surface area contributed by atoms with Gasteiger partial charge in [0.2, 0.25) is 0 Å². The molecule has 6 heteroatoms. The standard InChI is InChI=1S/C16H28N6/c1-11-15(12(2)21(4)20-11)9-18-16(17-3)19-13-7-8-22(10-13)14-5-6-14/h13-14H,5-10H2,1-4H3,(H2,17,18,19). The molecule has 0 spiro atoms. The molecule has 1 saturated carbocycles. The number of hydrogen-bond acceptors (Lipinski definition) is 3. The SMILES string of the molecule is CN=C(NCc1c(C)nn(C)c1C)NC1CCN(C2CC2)C1. The molecule has 1 aromatic heterocycles. The van der Waals surface area contributed by atoms with Crippen LogP contribution in [0.25, 0.3) is 0 Å². The third-order valence-corrected chi connectivity index (χ3v) is 4.94. The van der Waals surface area contributed by atoms with E-state index >= 15 is 0 Å². The number of aliphatic imine (C=N–C) groups is 1. The molecule has 1 aliphatic heterocycles. The number of hydrogen-bond donors (Lipinski definition) is 2. The molecule has 2 aliphatic rings. The molecule has 2 heterocycles. The zero-order chi connectivity index (χ0) is 15.7. The first kappa shape index (κ1) is 15.3. The molecule has 0 bridgehead atoms. The molecule has 1 atom stereocenters. The monoisotopic (exact) mass is 304 g/mol. The van der Waals surface area contributed by atoms with Crippen LogP contribution in [0.3, 0.4) is 0 Å². The summed E-state index contributed by atoms with van der Waals surface area (Å²) in [5.41, 5.74) is 3.56. The highest BCUT2D eigenvalue weighted by molar-refractivity contribution is 5.80. The first-order valence-electron chi connectivity index (χ1n) is 8.28. The topological polar surface area (TPSA) is 57.5 Å². The summed E-state index contributed by atoms with van der Waals surface area (Å²) >= 11 is 0. The summed E-state index contributed by atoms with van der Waals surface area (Å²) in [6.07, 6.45) is 3.99. The second kappa shape index (κ2) is 6.28. The molecule has 1 saturated heterocycles. The van der Waals surface area contributed by atoms with Gasteiger partial charge in [-0.05, 0) is 33.1 Å². The molecule has 2 N–H and O–H groups in total. The molecule has 1 unspecified atom stereocenters. The van der Waals surface area contributed by atoms with Crippen LogP contribution in [0.2, 0.25) is 0 Å². The van der Waals surface area contributed by atoms with E-state index in [1.54, 1.807) is 0 Å². The molecular weight excluding hydrogens is 276 g/mol. The maximum atomic E-state index is 4.46. The highest BCUT2D eigenvalue weighted by atomic mass is 15.3. The molecule has 0 radical (unpaired) electrons. The summed E-state index contributed by atoms with van der Waals surface area (Å²) in [6.45, 7) is 7.31. The van der Waals surface area contributed by atoms with Crippen molar-refractivity contribution >= 4 is 5.96 Å². The van der Waals surface area contributed by atoms with Gasteiger partial charge in [0.15, 0.2) is 5.96 Å². The van der Waals surface area contributed by atoms with Crippen molar-refractivity contribution in [2.45, 2.75) is 51.7 Å². The third-order valence-electron chi connectivity index (χ3n) is 4.94. The fourth-order valence-corrected chi connectivity index (χ4v) is 3.31. The van der Waals surface area contributed by atoms with E-state index in [1.165, 1.54) is 37.1 Å². The Hall–Kier alpha value is -1.56. The molecule has 6 nitrogen and oxygen atoms in total. The van der Waals surface area contributed by atoms with E-state index in [1.807, 2.05) is 18.8 Å². The smallest absolute Gasteiger partial charge is 0.191 e. The Labute approximate surface area is 133 Å². The van der Waals surface area contributed by atoms with Crippen molar-refractivity contribution < 1.29 is 0 Å². The maximum Gasteiger partial charge on any atom is 0.191 e. The van der Waals surface area contributed by atoms with Crippen LogP contribution in [0.4, 0.5) is 0 Å². The zero-order valence-electron chi connectivity index (χ0n) is 14.2. The van der Waals surface area contributed by atoms with Gasteiger partial charge in [-0.15, -0.1) is 0 Å². The van der Waals surface area contributed by atoms with Gasteiger partial charge in [-0.25, -0.2) is 0 Å². The quantitative estimate of drug-likeness (QED) is 0.642. The number of nitrogens with zero attached hydrogens (tertiary/aromatic N) is 4. The molecular formula is C16H28N6. The predicted molar refractivity (Wildman–Crippen MR) is 89.0 cm³/mol. The van der Waals surface area contributed by atoms with Crippen molar-refractivity contribution in [1.82, 2.24) is 25.3 Å². The van der Waals surface area contributed by atoms with Crippen LogP contribution in [0.5, 0.6) is 0 Å². The Morgan fingerprint density at radius 3 is 2.68 bits per heavy atom. The lowest BCUT2D eigenvalue weighted by Crippen LogP contribution is -2.44. The fourth-order valence-electron chi connectivity index (χ4n) is 3.31.